The number of hydrogen-bond acceptors (Lipinski definition) is 4. The van der Waals surface area contributed by atoms with Gasteiger partial charge in [-0.25, -0.2) is 12.8 Å². The number of hydrogen-bond donors (Lipinski definition) is 1. The average Bonchev–Trinajstić information content (AvgIpc) is 2.56. The molecule has 0 unspecified atom stereocenters. The van der Waals surface area contributed by atoms with Crippen LogP contribution in [-0.4, -0.2) is 25.9 Å². The Morgan fingerprint density at radius 1 is 1.26 bits per heavy atom. The molecular weight excluding hydrogens is 319 g/mol. The van der Waals surface area contributed by atoms with E-state index in [4.69, 9.17) is 0 Å². The van der Waals surface area contributed by atoms with E-state index in [1.165, 1.54) is 24.5 Å². The van der Waals surface area contributed by atoms with Gasteiger partial charge in [-0.2, -0.15) is 0 Å². The molecule has 1 N–H and O–H groups in total. The highest BCUT2D eigenvalue weighted by molar-refractivity contribution is 7.91. The number of benzene rings is 1. The summed E-state index contributed by atoms with van der Waals surface area (Å²) in [6, 6.07) is 7.89. The third kappa shape index (κ3) is 4.13. The lowest BCUT2D eigenvalue weighted by molar-refractivity contribution is -0.120. The first-order valence-electron chi connectivity index (χ1n) is 7.11. The van der Waals surface area contributed by atoms with Crippen molar-refractivity contribution in [2.24, 2.45) is 0 Å². The van der Waals surface area contributed by atoms with Gasteiger partial charge in [-0.15, -0.1) is 0 Å². The van der Waals surface area contributed by atoms with E-state index in [0.717, 1.165) is 12.1 Å². The molecule has 23 heavy (non-hydrogen) atoms. The van der Waals surface area contributed by atoms with Crippen LogP contribution in [0.2, 0.25) is 0 Å². The van der Waals surface area contributed by atoms with Crippen molar-refractivity contribution >= 4 is 15.7 Å². The first kappa shape index (κ1) is 17.1. The minimum atomic E-state index is -3.80. The number of carbonyl (C=O) groups excluding carboxylic acids is 1. The topological polar surface area (TPSA) is 76.1 Å². The monoisotopic (exact) mass is 336 g/mol. The Labute approximate surface area is 134 Å². The number of rotatable bonds is 6. The lowest BCUT2D eigenvalue weighted by Gasteiger charge is -2.18. The number of aromatic nitrogens is 1. The summed E-state index contributed by atoms with van der Waals surface area (Å²) in [5.74, 6) is -0.755. The fraction of sp³-hybridized carbons (Fsp3) is 0.250. The van der Waals surface area contributed by atoms with Crippen molar-refractivity contribution in [3.63, 3.8) is 0 Å². The highest BCUT2D eigenvalue weighted by atomic mass is 32.2. The first-order chi connectivity index (χ1) is 10.9. The van der Waals surface area contributed by atoms with E-state index < -0.39 is 20.9 Å². The molecule has 0 saturated carbocycles. The number of amides is 1. The van der Waals surface area contributed by atoms with Crippen LogP contribution in [0.4, 0.5) is 4.39 Å². The second-order valence-electron chi connectivity index (χ2n) is 4.93. The van der Waals surface area contributed by atoms with Crippen molar-refractivity contribution < 1.29 is 17.6 Å². The molecular formula is C16H17FN2O3S. The first-order valence-corrected chi connectivity index (χ1v) is 8.66. The molecule has 0 radical (unpaired) electrons. The van der Waals surface area contributed by atoms with Crippen LogP contribution in [0.25, 0.3) is 0 Å². The van der Waals surface area contributed by atoms with Gasteiger partial charge >= 0.3 is 0 Å². The van der Waals surface area contributed by atoms with E-state index in [1.807, 2.05) is 0 Å². The molecule has 1 aromatic heterocycles. The van der Waals surface area contributed by atoms with Gasteiger partial charge in [0.25, 0.3) is 0 Å². The fourth-order valence-corrected chi connectivity index (χ4v) is 3.74. The van der Waals surface area contributed by atoms with Crippen LogP contribution in [0.1, 0.15) is 24.2 Å². The minimum Gasteiger partial charge on any atom is -0.354 e. The van der Waals surface area contributed by atoms with Crippen LogP contribution in [0.5, 0.6) is 0 Å². The second kappa shape index (κ2) is 7.32. The molecule has 7 heteroatoms. The summed E-state index contributed by atoms with van der Waals surface area (Å²) >= 11 is 0. The molecule has 1 atom stereocenters. The van der Waals surface area contributed by atoms with Gasteiger partial charge in [-0.1, -0.05) is 13.0 Å². The van der Waals surface area contributed by atoms with E-state index in [1.54, 1.807) is 19.1 Å². The van der Waals surface area contributed by atoms with E-state index in [-0.39, 0.29) is 23.8 Å². The zero-order valence-corrected chi connectivity index (χ0v) is 13.4. The van der Waals surface area contributed by atoms with Gasteiger partial charge in [0.2, 0.25) is 5.91 Å². The smallest absolute Gasteiger partial charge is 0.219 e. The van der Waals surface area contributed by atoms with Gasteiger partial charge in [0.15, 0.2) is 9.84 Å². The summed E-state index contributed by atoms with van der Waals surface area (Å²) in [5, 5.41) is 1.61. The molecule has 1 aromatic carbocycles. The van der Waals surface area contributed by atoms with Gasteiger partial charge in [0, 0.05) is 25.4 Å². The average molecular weight is 336 g/mol. The maximum atomic E-state index is 13.0. The van der Waals surface area contributed by atoms with Crippen LogP contribution in [-0.2, 0) is 14.6 Å². The largest absolute Gasteiger partial charge is 0.354 e. The van der Waals surface area contributed by atoms with Gasteiger partial charge in [-0.3, -0.25) is 9.78 Å². The standard InChI is InChI=1S/C16H17FN2O3S/c1-2-16(20)19-11-15(12-4-3-9-18-10-12)23(21,22)14-7-5-13(17)6-8-14/h3-10,15H,2,11H2,1H3,(H,19,20)/t15-/m0/s1. The maximum absolute atomic E-state index is 13.0. The van der Waals surface area contributed by atoms with Crippen molar-refractivity contribution in [1.82, 2.24) is 10.3 Å². The highest BCUT2D eigenvalue weighted by Gasteiger charge is 2.29. The van der Waals surface area contributed by atoms with Crippen LogP contribution in [0.3, 0.4) is 0 Å². The predicted molar refractivity (Wildman–Crippen MR) is 83.9 cm³/mol. The Balaban J connectivity index is 2.39. The molecule has 1 heterocycles. The van der Waals surface area contributed by atoms with Crippen LogP contribution < -0.4 is 5.32 Å². The third-order valence-corrected chi connectivity index (χ3v) is 5.50. The molecule has 0 bridgehead atoms. The highest BCUT2D eigenvalue weighted by Crippen LogP contribution is 2.28. The maximum Gasteiger partial charge on any atom is 0.219 e. The Hall–Kier alpha value is -2.28. The third-order valence-electron chi connectivity index (χ3n) is 3.38. The summed E-state index contributed by atoms with van der Waals surface area (Å²) in [6.45, 7) is 1.61. The number of sulfone groups is 1. The van der Waals surface area contributed by atoms with Crippen LogP contribution in [0, 0.1) is 5.82 Å². The lowest BCUT2D eigenvalue weighted by atomic mass is 10.2. The Bertz CT molecular complexity index is 762. The number of carbonyl (C=O) groups is 1. The van der Waals surface area contributed by atoms with Crippen molar-refractivity contribution in [3.8, 4) is 0 Å². The SMILES string of the molecule is CCC(=O)NC[C@@H](c1cccnc1)S(=O)(=O)c1ccc(F)cc1. The second-order valence-corrected chi connectivity index (χ2v) is 7.06. The zero-order chi connectivity index (χ0) is 16.9. The van der Waals surface area contributed by atoms with Crippen molar-refractivity contribution in [3.05, 3.63) is 60.2 Å². The number of nitrogens with one attached hydrogen (secondary N) is 1. The normalized spacial score (nSPS) is 12.6. The minimum absolute atomic E-state index is 0.00139. The quantitative estimate of drug-likeness (QED) is 0.821. The Morgan fingerprint density at radius 3 is 2.52 bits per heavy atom. The van der Waals surface area contributed by atoms with Gasteiger partial charge < -0.3 is 5.32 Å². The van der Waals surface area contributed by atoms with Gasteiger partial charge in [0.05, 0.1) is 4.90 Å². The molecule has 0 fully saturated rings. The molecule has 0 aliphatic carbocycles. The Kier molecular flexibility index (Phi) is 5.44. The number of pyridine rings is 1. The van der Waals surface area contributed by atoms with Gasteiger partial charge in [0.1, 0.15) is 11.1 Å². The summed E-state index contributed by atoms with van der Waals surface area (Å²) in [6.07, 6.45) is 3.25. The molecule has 0 aliphatic rings. The van der Waals surface area contributed by atoms with Gasteiger partial charge in [-0.05, 0) is 35.9 Å². The molecule has 2 aromatic rings. The molecule has 122 valence electrons. The molecule has 2 rings (SSSR count). The molecule has 0 aliphatic heterocycles. The zero-order valence-electron chi connectivity index (χ0n) is 12.6. The molecule has 5 nitrogen and oxygen atoms in total. The van der Waals surface area contributed by atoms with E-state index in [2.05, 4.69) is 10.3 Å². The predicted octanol–water partition coefficient (Wildman–Crippen LogP) is 2.26. The summed E-state index contributed by atoms with van der Waals surface area (Å²) < 4.78 is 38.7. The van der Waals surface area contributed by atoms with Crippen molar-refractivity contribution in [1.29, 1.82) is 0 Å². The summed E-state index contributed by atoms with van der Waals surface area (Å²) in [5.41, 5.74) is 0.466. The molecule has 0 saturated heterocycles. The fourth-order valence-electron chi connectivity index (χ4n) is 2.09. The van der Waals surface area contributed by atoms with Crippen molar-refractivity contribution in [2.45, 2.75) is 23.5 Å². The van der Waals surface area contributed by atoms with E-state index in [9.17, 15) is 17.6 Å². The number of halogens is 1. The lowest BCUT2D eigenvalue weighted by Crippen LogP contribution is -2.31. The van der Waals surface area contributed by atoms with E-state index >= 15 is 0 Å². The summed E-state index contributed by atoms with van der Waals surface area (Å²) in [7, 11) is -3.80. The van der Waals surface area contributed by atoms with Crippen LogP contribution in [0.15, 0.2) is 53.7 Å². The Morgan fingerprint density at radius 2 is 1.96 bits per heavy atom. The number of nitrogens with zero attached hydrogens (tertiary/aromatic N) is 1. The molecule has 0 spiro atoms. The van der Waals surface area contributed by atoms with Crippen molar-refractivity contribution in [2.75, 3.05) is 6.54 Å². The summed E-state index contributed by atoms with van der Waals surface area (Å²) in [4.78, 5) is 15.4. The molecule has 1 amide bonds. The van der Waals surface area contributed by atoms with Crippen LogP contribution >= 0.6 is 0 Å². The van der Waals surface area contributed by atoms with E-state index in [0.29, 0.717) is 5.56 Å².